The van der Waals surface area contributed by atoms with E-state index in [1.807, 2.05) is 0 Å². The van der Waals surface area contributed by atoms with Crippen LogP contribution in [0.4, 0.5) is 10.1 Å². The molecule has 1 saturated heterocycles. The third-order valence-corrected chi connectivity index (χ3v) is 8.48. The van der Waals surface area contributed by atoms with E-state index in [1.54, 1.807) is 33.5 Å². The maximum Gasteiger partial charge on any atom is 0.243 e. The van der Waals surface area contributed by atoms with Crippen LogP contribution in [0.1, 0.15) is 48.3 Å². The van der Waals surface area contributed by atoms with Crippen molar-refractivity contribution in [2.75, 3.05) is 24.5 Å². The van der Waals surface area contributed by atoms with Gasteiger partial charge >= 0.3 is 0 Å². The summed E-state index contributed by atoms with van der Waals surface area (Å²) in [6.45, 7) is 1.54. The molecule has 1 fully saturated rings. The predicted molar refractivity (Wildman–Crippen MR) is 113 cm³/mol. The lowest BCUT2D eigenvalue weighted by Gasteiger charge is -2.27. The van der Waals surface area contributed by atoms with E-state index in [0.29, 0.717) is 43.8 Å². The number of anilines is 1. The van der Waals surface area contributed by atoms with Crippen LogP contribution in [0.2, 0.25) is 0 Å². The summed E-state index contributed by atoms with van der Waals surface area (Å²) in [7, 11) is -3.64. The average Bonchev–Trinajstić information content (AvgIpc) is 3.01. The molecule has 3 heterocycles. The quantitative estimate of drug-likeness (QED) is 0.750. The molecule has 1 amide bonds. The number of hydrogen-bond donors (Lipinski definition) is 0. The van der Waals surface area contributed by atoms with Gasteiger partial charge in [-0.25, -0.2) is 12.8 Å². The van der Waals surface area contributed by atoms with Gasteiger partial charge in [-0.2, -0.15) is 4.31 Å². The Bertz CT molecular complexity index is 1100. The molecule has 0 aliphatic carbocycles. The van der Waals surface area contributed by atoms with Crippen LogP contribution in [0, 0.1) is 5.82 Å². The van der Waals surface area contributed by atoms with Crippen LogP contribution in [-0.2, 0) is 27.7 Å². The fourth-order valence-corrected chi connectivity index (χ4v) is 6.68. The lowest BCUT2D eigenvalue weighted by Crippen LogP contribution is -2.35. The van der Waals surface area contributed by atoms with Crippen LogP contribution >= 0.6 is 0 Å². The minimum atomic E-state index is -3.64. The lowest BCUT2D eigenvalue weighted by molar-refractivity contribution is -0.118. The van der Waals surface area contributed by atoms with Gasteiger partial charge in [-0.15, -0.1) is 0 Å². The van der Waals surface area contributed by atoms with Gasteiger partial charge in [-0.1, -0.05) is 18.6 Å². The van der Waals surface area contributed by atoms with Gasteiger partial charge in [-0.3, -0.25) is 4.79 Å². The Balaban J connectivity index is 1.47. The highest BCUT2D eigenvalue weighted by molar-refractivity contribution is 7.89. The molecule has 3 aliphatic heterocycles. The fraction of sp³-hybridized carbons (Fsp3) is 0.435. The van der Waals surface area contributed by atoms with Crippen LogP contribution in [0.15, 0.2) is 41.3 Å². The molecule has 0 aromatic heterocycles. The fourth-order valence-electron chi connectivity index (χ4n) is 5.06. The molecule has 2 aromatic carbocycles. The molecule has 158 valence electrons. The van der Waals surface area contributed by atoms with Gasteiger partial charge in [0.15, 0.2) is 0 Å². The summed E-state index contributed by atoms with van der Waals surface area (Å²) in [5.74, 6) is -0.0910. The number of amides is 1. The van der Waals surface area contributed by atoms with Crippen LogP contribution in [-0.4, -0.2) is 38.3 Å². The Morgan fingerprint density at radius 3 is 2.43 bits per heavy atom. The Labute approximate surface area is 176 Å². The molecule has 0 N–H and O–H groups in total. The molecule has 0 radical (unpaired) electrons. The number of nitrogens with zero attached hydrogens (tertiary/aromatic N) is 2. The number of halogens is 1. The van der Waals surface area contributed by atoms with Gasteiger partial charge in [0.25, 0.3) is 0 Å². The number of benzene rings is 2. The average molecular weight is 429 g/mol. The highest BCUT2D eigenvalue weighted by Crippen LogP contribution is 2.39. The zero-order valence-corrected chi connectivity index (χ0v) is 17.6. The standard InChI is InChI=1S/C23H25FN2O3S/c24-20-7-4-16(5-8-20)19-3-1-2-11-25(15-19)30(28,29)21-13-17-6-9-22(27)26-12-10-18(14-21)23(17)26/h4-5,7-8,13-14,19H,1-3,6,9-12,15H2. The Morgan fingerprint density at radius 1 is 0.933 bits per heavy atom. The molecular formula is C23H25FN2O3S. The van der Waals surface area contributed by atoms with E-state index in [2.05, 4.69) is 0 Å². The summed E-state index contributed by atoms with van der Waals surface area (Å²) in [6, 6.07) is 9.96. The SMILES string of the molecule is O=C1CCc2cc(S(=O)(=O)N3CCCCC(c4ccc(F)cc4)C3)cc3c2N1CC3. The molecule has 3 aliphatic rings. The third kappa shape index (κ3) is 3.34. The van der Waals surface area contributed by atoms with E-state index in [4.69, 9.17) is 0 Å². The summed E-state index contributed by atoms with van der Waals surface area (Å²) in [5, 5.41) is 0. The van der Waals surface area contributed by atoms with E-state index >= 15 is 0 Å². The van der Waals surface area contributed by atoms with E-state index in [9.17, 15) is 17.6 Å². The normalized spacial score (nSPS) is 22.1. The summed E-state index contributed by atoms with van der Waals surface area (Å²) in [4.78, 5) is 14.3. The number of aryl methyl sites for hydroxylation is 1. The van der Waals surface area contributed by atoms with Gasteiger partial charge in [-0.05, 0) is 72.6 Å². The molecule has 5 rings (SSSR count). The molecular weight excluding hydrogens is 403 g/mol. The van der Waals surface area contributed by atoms with E-state index in [0.717, 1.165) is 41.6 Å². The van der Waals surface area contributed by atoms with Crippen LogP contribution in [0.5, 0.6) is 0 Å². The number of hydrogen-bond acceptors (Lipinski definition) is 3. The van der Waals surface area contributed by atoms with Crippen LogP contribution in [0.3, 0.4) is 0 Å². The largest absolute Gasteiger partial charge is 0.312 e. The first-order valence-electron chi connectivity index (χ1n) is 10.7. The summed E-state index contributed by atoms with van der Waals surface area (Å²) < 4.78 is 42.1. The highest BCUT2D eigenvalue weighted by Gasteiger charge is 2.35. The highest BCUT2D eigenvalue weighted by atomic mass is 32.2. The lowest BCUT2D eigenvalue weighted by atomic mass is 9.95. The molecule has 1 atom stereocenters. The molecule has 5 nitrogen and oxygen atoms in total. The second-order valence-corrected chi connectivity index (χ2v) is 10.4. The van der Waals surface area contributed by atoms with E-state index in [-0.39, 0.29) is 17.6 Å². The zero-order chi connectivity index (χ0) is 20.9. The molecule has 1 unspecified atom stereocenters. The van der Waals surface area contributed by atoms with Crippen molar-refractivity contribution >= 4 is 21.6 Å². The minimum Gasteiger partial charge on any atom is -0.312 e. The number of carbonyl (C=O) groups is 1. The Hall–Kier alpha value is -2.25. The first-order valence-corrected chi connectivity index (χ1v) is 12.1. The molecule has 7 heteroatoms. The number of rotatable bonds is 3. The molecule has 0 spiro atoms. The van der Waals surface area contributed by atoms with Crippen molar-refractivity contribution in [3.63, 3.8) is 0 Å². The molecule has 0 bridgehead atoms. The Morgan fingerprint density at radius 2 is 1.67 bits per heavy atom. The van der Waals surface area contributed by atoms with E-state index in [1.165, 1.54) is 12.1 Å². The third-order valence-electron chi connectivity index (χ3n) is 6.64. The van der Waals surface area contributed by atoms with Crippen molar-refractivity contribution in [1.82, 2.24) is 4.31 Å². The van der Waals surface area contributed by atoms with Crippen molar-refractivity contribution < 1.29 is 17.6 Å². The zero-order valence-electron chi connectivity index (χ0n) is 16.8. The van der Waals surface area contributed by atoms with Crippen molar-refractivity contribution in [2.24, 2.45) is 0 Å². The first-order chi connectivity index (χ1) is 14.4. The maximum absolute atomic E-state index is 13.6. The molecule has 30 heavy (non-hydrogen) atoms. The maximum atomic E-state index is 13.6. The number of carbonyl (C=O) groups excluding carboxylic acids is 1. The van der Waals surface area contributed by atoms with Gasteiger partial charge in [0.2, 0.25) is 15.9 Å². The van der Waals surface area contributed by atoms with Crippen molar-refractivity contribution in [3.05, 3.63) is 58.9 Å². The van der Waals surface area contributed by atoms with Gasteiger partial charge in [0.1, 0.15) is 5.82 Å². The van der Waals surface area contributed by atoms with Gasteiger partial charge in [0.05, 0.1) is 10.6 Å². The second kappa shape index (κ2) is 7.46. The van der Waals surface area contributed by atoms with E-state index < -0.39 is 10.0 Å². The van der Waals surface area contributed by atoms with Crippen molar-refractivity contribution in [2.45, 2.75) is 49.3 Å². The summed E-state index contributed by atoms with van der Waals surface area (Å²) in [5.41, 5.74) is 3.85. The Kier molecular flexibility index (Phi) is 4.90. The molecule has 0 saturated carbocycles. The topological polar surface area (TPSA) is 57.7 Å². The van der Waals surface area contributed by atoms with Crippen LogP contribution in [0.25, 0.3) is 0 Å². The molecule has 2 aromatic rings. The monoisotopic (exact) mass is 428 g/mol. The van der Waals surface area contributed by atoms with Crippen molar-refractivity contribution in [3.8, 4) is 0 Å². The van der Waals surface area contributed by atoms with Gasteiger partial charge < -0.3 is 4.90 Å². The van der Waals surface area contributed by atoms with Crippen molar-refractivity contribution in [1.29, 1.82) is 0 Å². The summed E-state index contributed by atoms with van der Waals surface area (Å²) in [6.07, 6.45) is 4.39. The first kappa shape index (κ1) is 19.7. The minimum absolute atomic E-state index is 0.0590. The van der Waals surface area contributed by atoms with Crippen LogP contribution < -0.4 is 4.90 Å². The predicted octanol–water partition coefficient (Wildman–Crippen LogP) is 3.62. The second-order valence-electron chi connectivity index (χ2n) is 8.49. The number of sulfonamides is 1. The van der Waals surface area contributed by atoms with Gasteiger partial charge in [0, 0.05) is 26.1 Å². The summed E-state index contributed by atoms with van der Waals surface area (Å²) >= 11 is 0. The smallest absolute Gasteiger partial charge is 0.243 e.